The van der Waals surface area contributed by atoms with Crippen LogP contribution in [-0.2, 0) is 20.2 Å². The number of fused-ring (bicyclic) bond motifs is 7. The van der Waals surface area contributed by atoms with Crippen molar-refractivity contribution in [1.82, 2.24) is 20.2 Å². The SMILES string of the molecule is COc1ccc2nc3c(nc2c1)OC1CN(C(=O)C(C(C)(C)C)NC(=O)OC2CC4CC4C2CCCCC3(F)F)C(C(N)=O)C1C. The predicted octanol–water partition coefficient (Wildman–Crippen LogP) is 4.55. The molecule has 46 heavy (non-hydrogen) atoms. The topological polar surface area (TPSA) is 146 Å². The van der Waals surface area contributed by atoms with Gasteiger partial charge in [-0.1, -0.05) is 34.1 Å². The van der Waals surface area contributed by atoms with E-state index in [1.54, 1.807) is 45.9 Å². The second-order valence-electron chi connectivity index (χ2n) is 14.5. The number of nitrogens with one attached hydrogen (secondary N) is 1. The quantitative estimate of drug-likeness (QED) is 0.485. The standard InChI is InChI=1S/C33H43F2N5O6/c1-16-24-15-40(25(16)28(36)41)30(42)27(32(2,3)4)39-31(43)46-23-13-17-12-20(17)19(23)8-6-7-11-33(34,35)26-29(45-24)38-22-14-18(44-5)9-10-21(22)37-26/h9-10,14,16-17,19-20,23-25,27H,6-8,11-13,15H2,1-5H3,(H2,36,41)(H,39,43). The summed E-state index contributed by atoms with van der Waals surface area (Å²) < 4.78 is 49.5. The van der Waals surface area contributed by atoms with E-state index < -0.39 is 65.5 Å². The lowest BCUT2D eigenvalue weighted by atomic mass is 9.85. The Morgan fingerprint density at radius 3 is 2.54 bits per heavy atom. The van der Waals surface area contributed by atoms with Crippen LogP contribution in [0.1, 0.15) is 71.9 Å². The Morgan fingerprint density at radius 1 is 1.09 bits per heavy atom. The Morgan fingerprint density at radius 2 is 1.85 bits per heavy atom. The third-order valence-electron chi connectivity index (χ3n) is 10.3. The van der Waals surface area contributed by atoms with Gasteiger partial charge in [0.15, 0.2) is 5.69 Å². The summed E-state index contributed by atoms with van der Waals surface area (Å²) in [6, 6.07) is 2.59. The van der Waals surface area contributed by atoms with Gasteiger partial charge in [-0.15, -0.1) is 0 Å². The van der Waals surface area contributed by atoms with Crippen molar-refractivity contribution >= 4 is 28.9 Å². The van der Waals surface area contributed by atoms with Gasteiger partial charge in [-0.25, -0.2) is 14.8 Å². The van der Waals surface area contributed by atoms with Crippen molar-refractivity contribution in [3.8, 4) is 11.6 Å². The number of methoxy groups -OCH3 is 1. The number of ether oxygens (including phenoxy) is 3. The molecule has 3 amide bonds. The number of carbonyl (C=O) groups excluding carboxylic acids is 3. The number of hydrogen-bond donors (Lipinski definition) is 2. The minimum Gasteiger partial charge on any atom is -0.497 e. The molecule has 250 valence electrons. The van der Waals surface area contributed by atoms with E-state index in [4.69, 9.17) is 19.9 Å². The maximum Gasteiger partial charge on any atom is 0.408 e. The van der Waals surface area contributed by atoms with Crippen molar-refractivity contribution in [3.63, 3.8) is 0 Å². The molecule has 0 spiro atoms. The van der Waals surface area contributed by atoms with Gasteiger partial charge in [0, 0.05) is 18.4 Å². The highest BCUT2D eigenvalue weighted by molar-refractivity contribution is 5.92. The average Bonchev–Trinajstić information content (AvgIpc) is 3.55. The normalized spacial score (nSPS) is 33.0. The molecule has 2 aromatic rings. The molecule has 13 heteroatoms. The van der Waals surface area contributed by atoms with E-state index in [0.717, 1.165) is 12.8 Å². The summed E-state index contributed by atoms with van der Waals surface area (Å²) in [4.78, 5) is 50.3. The van der Waals surface area contributed by atoms with Crippen LogP contribution >= 0.6 is 0 Å². The average molecular weight is 644 g/mol. The number of hydrogen-bond acceptors (Lipinski definition) is 8. The van der Waals surface area contributed by atoms with Crippen LogP contribution in [0, 0.1) is 29.1 Å². The summed E-state index contributed by atoms with van der Waals surface area (Å²) in [5.41, 5.74) is 5.00. The van der Waals surface area contributed by atoms with Crippen molar-refractivity contribution in [2.45, 2.75) is 96.4 Å². The number of alkyl halides is 2. The van der Waals surface area contributed by atoms with Gasteiger partial charge >= 0.3 is 6.09 Å². The molecular weight excluding hydrogens is 600 g/mol. The number of benzene rings is 1. The Kier molecular flexibility index (Phi) is 8.25. The molecule has 11 nitrogen and oxygen atoms in total. The number of nitrogens with two attached hydrogens (primary N) is 1. The molecule has 8 unspecified atom stereocenters. The largest absolute Gasteiger partial charge is 0.497 e. The fourth-order valence-corrected chi connectivity index (χ4v) is 7.65. The third kappa shape index (κ3) is 6.04. The Hall–Kier alpha value is -3.77. The van der Waals surface area contributed by atoms with Crippen LogP contribution in [0.3, 0.4) is 0 Å². The van der Waals surface area contributed by atoms with Gasteiger partial charge in [-0.2, -0.15) is 8.78 Å². The lowest BCUT2D eigenvalue weighted by Gasteiger charge is -2.35. The zero-order chi connectivity index (χ0) is 33.1. The summed E-state index contributed by atoms with van der Waals surface area (Å²) in [5, 5.41) is 2.79. The van der Waals surface area contributed by atoms with E-state index in [0.29, 0.717) is 35.9 Å². The zero-order valence-electron chi connectivity index (χ0n) is 26.9. The monoisotopic (exact) mass is 643 g/mol. The summed E-state index contributed by atoms with van der Waals surface area (Å²) in [5.74, 6) is -4.35. The van der Waals surface area contributed by atoms with Gasteiger partial charge in [-0.05, 0) is 61.0 Å². The molecule has 0 radical (unpaired) electrons. The Balaban J connectivity index is 1.41. The number of rotatable bonds is 2. The molecule has 6 rings (SSSR count). The van der Waals surface area contributed by atoms with Crippen LogP contribution in [0.15, 0.2) is 18.2 Å². The third-order valence-corrected chi connectivity index (χ3v) is 10.3. The zero-order valence-corrected chi connectivity index (χ0v) is 26.9. The highest BCUT2D eigenvalue weighted by Crippen LogP contribution is 2.58. The van der Waals surface area contributed by atoms with Gasteiger partial charge in [0.1, 0.15) is 30.0 Å². The number of carbonyl (C=O) groups is 3. The first-order valence-corrected chi connectivity index (χ1v) is 16.2. The molecule has 1 saturated heterocycles. The van der Waals surface area contributed by atoms with E-state index in [2.05, 4.69) is 15.3 Å². The van der Waals surface area contributed by atoms with Gasteiger partial charge in [-0.3, -0.25) is 9.59 Å². The molecule has 3 fully saturated rings. The first-order valence-electron chi connectivity index (χ1n) is 16.2. The van der Waals surface area contributed by atoms with E-state index in [1.807, 2.05) is 0 Å². The van der Waals surface area contributed by atoms with E-state index in [1.165, 1.54) is 12.0 Å². The Bertz CT molecular complexity index is 1530. The van der Waals surface area contributed by atoms with Crippen molar-refractivity contribution in [2.24, 2.45) is 34.8 Å². The fraction of sp³-hybridized carbons (Fsp3) is 0.667. The smallest absolute Gasteiger partial charge is 0.408 e. The molecule has 3 N–H and O–H groups in total. The van der Waals surface area contributed by atoms with Crippen LogP contribution in [0.4, 0.5) is 13.6 Å². The second-order valence-corrected chi connectivity index (χ2v) is 14.5. The van der Waals surface area contributed by atoms with Gasteiger partial charge in [0.05, 0.1) is 24.7 Å². The first-order chi connectivity index (χ1) is 21.7. The van der Waals surface area contributed by atoms with Gasteiger partial charge < -0.3 is 30.2 Å². The highest BCUT2D eigenvalue weighted by atomic mass is 19.3. The molecule has 3 heterocycles. The number of primary amides is 1. The Labute approximate surface area is 266 Å². The number of amides is 3. The number of aromatic nitrogens is 2. The van der Waals surface area contributed by atoms with Gasteiger partial charge in [0.2, 0.25) is 17.7 Å². The first kappa shape index (κ1) is 32.2. The van der Waals surface area contributed by atoms with Crippen molar-refractivity contribution in [3.05, 3.63) is 23.9 Å². The van der Waals surface area contributed by atoms with Crippen LogP contribution < -0.4 is 20.5 Å². The summed E-state index contributed by atoms with van der Waals surface area (Å²) in [6.07, 6.45) is 0.705. The second kappa shape index (κ2) is 11.8. The van der Waals surface area contributed by atoms with E-state index in [9.17, 15) is 14.4 Å². The van der Waals surface area contributed by atoms with E-state index in [-0.39, 0.29) is 36.4 Å². The van der Waals surface area contributed by atoms with Crippen LogP contribution in [0.5, 0.6) is 11.6 Å². The number of nitrogens with zero attached hydrogens (tertiary/aromatic N) is 3. The lowest BCUT2D eigenvalue weighted by molar-refractivity contribution is -0.141. The lowest BCUT2D eigenvalue weighted by Crippen LogP contribution is -2.58. The molecule has 4 aliphatic rings. The molecule has 2 saturated carbocycles. The maximum atomic E-state index is 16.1. The minimum atomic E-state index is -3.38. The van der Waals surface area contributed by atoms with Crippen molar-refractivity contribution in [1.29, 1.82) is 0 Å². The number of halogens is 2. The molecule has 1 aromatic heterocycles. The number of alkyl carbamates (subject to hydrolysis) is 1. The molecule has 2 bridgehead atoms. The van der Waals surface area contributed by atoms with Crippen LogP contribution in [0.2, 0.25) is 0 Å². The minimum absolute atomic E-state index is 0.0702. The van der Waals surface area contributed by atoms with Crippen molar-refractivity contribution < 1.29 is 37.4 Å². The highest BCUT2D eigenvalue weighted by Gasteiger charge is 2.55. The molecule has 2 aliphatic carbocycles. The molecular formula is C33H43F2N5O6. The predicted molar refractivity (Wildman–Crippen MR) is 163 cm³/mol. The maximum absolute atomic E-state index is 16.1. The fourth-order valence-electron chi connectivity index (χ4n) is 7.65. The van der Waals surface area contributed by atoms with Gasteiger partial charge in [0.25, 0.3) is 5.92 Å². The van der Waals surface area contributed by atoms with Crippen molar-refractivity contribution in [2.75, 3.05) is 13.7 Å². The van der Waals surface area contributed by atoms with Crippen LogP contribution in [-0.4, -0.2) is 70.7 Å². The summed E-state index contributed by atoms with van der Waals surface area (Å²) in [7, 11) is 1.49. The molecule has 8 atom stereocenters. The van der Waals surface area contributed by atoms with E-state index >= 15 is 8.78 Å². The molecule has 2 aliphatic heterocycles. The van der Waals surface area contributed by atoms with Crippen LogP contribution in [0.25, 0.3) is 11.0 Å². The summed E-state index contributed by atoms with van der Waals surface area (Å²) >= 11 is 0. The summed E-state index contributed by atoms with van der Waals surface area (Å²) in [6.45, 7) is 6.93. The molecule has 1 aromatic carbocycles.